The first-order valence-electron chi connectivity index (χ1n) is 9.63. The Labute approximate surface area is 168 Å². The fourth-order valence-corrected chi connectivity index (χ4v) is 3.55. The van der Waals surface area contributed by atoms with E-state index >= 15 is 0 Å². The molecule has 150 valence electrons. The van der Waals surface area contributed by atoms with Crippen LogP contribution in [0.25, 0.3) is 5.69 Å². The monoisotopic (exact) mass is 392 g/mol. The number of nitrogens with zero attached hydrogens (tertiary/aromatic N) is 4. The van der Waals surface area contributed by atoms with Crippen molar-refractivity contribution in [3.8, 4) is 5.69 Å². The molecule has 0 radical (unpaired) electrons. The van der Waals surface area contributed by atoms with Crippen molar-refractivity contribution in [2.24, 2.45) is 11.5 Å². The maximum absolute atomic E-state index is 11.9. The quantitative estimate of drug-likeness (QED) is 0.504. The van der Waals surface area contributed by atoms with Gasteiger partial charge < -0.3 is 26.7 Å². The van der Waals surface area contributed by atoms with Crippen LogP contribution in [0.2, 0.25) is 0 Å². The standard InChI is InChI=1S/C20H24N8O/c21-16-3-1-2-4-17(16)26-18-6-5-15(19(22)29)20(27-18)25-13-9-14(11-24-10-13)28-8-7-23-12-28/h5-12,16-17H,1-4,21H2,(H2,22,29)(H2,25,26,27). The van der Waals surface area contributed by atoms with Crippen molar-refractivity contribution in [2.75, 3.05) is 10.6 Å². The molecule has 3 heterocycles. The van der Waals surface area contributed by atoms with Gasteiger partial charge in [0.2, 0.25) is 0 Å². The number of nitrogens with two attached hydrogens (primary N) is 2. The Kier molecular flexibility index (Phi) is 5.39. The summed E-state index contributed by atoms with van der Waals surface area (Å²) in [5.41, 5.74) is 13.6. The Bertz CT molecular complexity index is 988. The van der Waals surface area contributed by atoms with E-state index in [1.54, 1.807) is 37.1 Å². The maximum atomic E-state index is 11.9. The van der Waals surface area contributed by atoms with Gasteiger partial charge in [-0.05, 0) is 31.0 Å². The molecule has 1 aliphatic rings. The number of hydrogen-bond donors (Lipinski definition) is 4. The number of aromatic nitrogens is 4. The van der Waals surface area contributed by atoms with Crippen molar-refractivity contribution < 1.29 is 4.79 Å². The number of primary amides is 1. The molecule has 3 aromatic rings. The summed E-state index contributed by atoms with van der Waals surface area (Å²) < 4.78 is 1.84. The van der Waals surface area contributed by atoms with E-state index in [0.29, 0.717) is 22.9 Å². The molecule has 9 nitrogen and oxygen atoms in total. The van der Waals surface area contributed by atoms with E-state index in [9.17, 15) is 4.79 Å². The minimum atomic E-state index is -0.556. The molecule has 4 rings (SSSR count). The van der Waals surface area contributed by atoms with E-state index in [1.807, 2.05) is 16.8 Å². The van der Waals surface area contributed by atoms with Crippen LogP contribution in [0.3, 0.4) is 0 Å². The van der Waals surface area contributed by atoms with Crippen LogP contribution in [-0.4, -0.2) is 37.5 Å². The van der Waals surface area contributed by atoms with Crippen LogP contribution in [0, 0.1) is 0 Å². The molecule has 1 amide bonds. The molecule has 2 unspecified atom stereocenters. The summed E-state index contributed by atoms with van der Waals surface area (Å²) in [6.07, 6.45) is 12.9. The zero-order valence-electron chi connectivity index (χ0n) is 16.0. The third kappa shape index (κ3) is 4.35. The lowest BCUT2D eigenvalue weighted by Gasteiger charge is -2.29. The molecule has 1 fully saturated rings. The fourth-order valence-electron chi connectivity index (χ4n) is 3.55. The highest BCUT2D eigenvalue weighted by molar-refractivity contribution is 5.98. The van der Waals surface area contributed by atoms with Gasteiger partial charge in [0.05, 0.1) is 35.7 Å². The molecule has 2 atom stereocenters. The number of nitrogens with one attached hydrogen (secondary N) is 2. The van der Waals surface area contributed by atoms with Gasteiger partial charge in [-0.25, -0.2) is 9.97 Å². The van der Waals surface area contributed by atoms with Crippen molar-refractivity contribution in [1.29, 1.82) is 0 Å². The molecule has 0 bridgehead atoms. The molecular formula is C20H24N8O. The fraction of sp³-hybridized carbons (Fsp3) is 0.300. The van der Waals surface area contributed by atoms with Gasteiger partial charge in [-0.2, -0.15) is 0 Å². The lowest BCUT2D eigenvalue weighted by Crippen LogP contribution is -2.42. The molecule has 6 N–H and O–H groups in total. The van der Waals surface area contributed by atoms with Crippen LogP contribution in [0.4, 0.5) is 17.3 Å². The zero-order valence-corrected chi connectivity index (χ0v) is 16.0. The van der Waals surface area contributed by atoms with Crippen LogP contribution < -0.4 is 22.1 Å². The van der Waals surface area contributed by atoms with Crippen LogP contribution in [0.15, 0.2) is 49.3 Å². The first-order valence-corrected chi connectivity index (χ1v) is 9.63. The van der Waals surface area contributed by atoms with Crippen LogP contribution >= 0.6 is 0 Å². The van der Waals surface area contributed by atoms with Gasteiger partial charge in [-0.3, -0.25) is 9.78 Å². The summed E-state index contributed by atoms with van der Waals surface area (Å²) in [4.78, 5) is 24.8. The summed E-state index contributed by atoms with van der Waals surface area (Å²) in [5, 5.41) is 6.57. The lowest BCUT2D eigenvalue weighted by atomic mass is 9.91. The Hall–Kier alpha value is -3.46. The summed E-state index contributed by atoms with van der Waals surface area (Å²) in [6, 6.07) is 5.57. The summed E-state index contributed by atoms with van der Waals surface area (Å²) in [6.45, 7) is 0. The highest BCUT2D eigenvalue weighted by Crippen LogP contribution is 2.25. The lowest BCUT2D eigenvalue weighted by molar-refractivity contribution is 0.100. The van der Waals surface area contributed by atoms with Gasteiger partial charge in [-0.15, -0.1) is 0 Å². The van der Waals surface area contributed by atoms with Crippen molar-refractivity contribution in [3.63, 3.8) is 0 Å². The van der Waals surface area contributed by atoms with Crippen LogP contribution in [-0.2, 0) is 0 Å². The van der Waals surface area contributed by atoms with Gasteiger partial charge in [0.15, 0.2) is 0 Å². The summed E-state index contributed by atoms with van der Waals surface area (Å²) in [5.74, 6) is 0.467. The van der Waals surface area contributed by atoms with Crippen molar-refractivity contribution in [3.05, 3.63) is 54.9 Å². The molecule has 29 heavy (non-hydrogen) atoms. The summed E-state index contributed by atoms with van der Waals surface area (Å²) >= 11 is 0. The van der Waals surface area contributed by atoms with Crippen molar-refractivity contribution >= 4 is 23.2 Å². The first kappa shape index (κ1) is 18.9. The maximum Gasteiger partial charge on any atom is 0.252 e. The molecule has 0 spiro atoms. The number of pyridine rings is 2. The number of imidazole rings is 1. The SMILES string of the molecule is NC(=O)c1ccc(NC2CCCCC2N)nc1Nc1cncc(-n2ccnc2)c1. The third-order valence-electron chi connectivity index (χ3n) is 5.10. The molecule has 3 aromatic heterocycles. The molecule has 1 saturated carbocycles. The molecule has 0 saturated heterocycles. The van der Waals surface area contributed by atoms with Gasteiger partial charge in [0, 0.05) is 24.5 Å². The Morgan fingerprint density at radius 1 is 1.17 bits per heavy atom. The number of carbonyl (C=O) groups is 1. The van der Waals surface area contributed by atoms with E-state index in [-0.39, 0.29) is 12.1 Å². The number of hydrogen-bond acceptors (Lipinski definition) is 7. The van der Waals surface area contributed by atoms with Gasteiger partial charge in [0.25, 0.3) is 5.91 Å². The van der Waals surface area contributed by atoms with E-state index in [1.165, 1.54) is 0 Å². The topological polar surface area (TPSA) is 137 Å². The number of anilines is 3. The normalized spacial score (nSPS) is 18.9. The van der Waals surface area contributed by atoms with Gasteiger partial charge in [-0.1, -0.05) is 12.8 Å². The predicted octanol–water partition coefficient (Wildman–Crippen LogP) is 2.19. The molecule has 0 aromatic carbocycles. The molecular weight excluding hydrogens is 368 g/mol. The van der Waals surface area contributed by atoms with Gasteiger partial charge in [0.1, 0.15) is 11.6 Å². The minimum Gasteiger partial charge on any atom is -0.366 e. The van der Waals surface area contributed by atoms with E-state index < -0.39 is 5.91 Å². The average molecular weight is 392 g/mol. The second-order valence-corrected chi connectivity index (χ2v) is 7.18. The third-order valence-corrected chi connectivity index (χ3v) is 5.10. The van der Waals surface area contributed by atoms with Crippen molar-refractivity contribution in [1.82, 2.24) is 19.5 Å². The second-order valence-electron chi connectivity index (χ2n) is 7.18. The van der Waals surface area contributed by atoms with Crippen molar-refractivity contribution in [2.45, 2.75) is 37.8 Å². The number of amides is 1. The molecule has 0 aliphatic heterocycles. The Morgan fingerprint density at radius 3 is 2.79 bits per heavy atom. The van der Waals surface area contributed by atoms with E-state index in [2.05, 4.69) is 25.6 Å². The van der Waals surface area contributed by atoms with E-state index in [0.717, 1.165) is 31.4 Å². The number of rotatable bonds is 6. The predicted molar refractivity (Wildman–Crippen MR) is 111 cm³/mol. The average Bonchev–Trinajstić information content (AvgIpc) is 3.25. The Morgan fingerprint density at radius 2 is 2.03 bits per heavy atom. The minimum absolute atomic E-state index is 0.0915. The smallest absolute Gasteiger partial charge is 0.252 e. The zero-order chi connectivity index (χ0) is 20.2. The second kappa shape index (κ2) is 8.27. The highest BCUT2D eigenvalue weighted by atomic mass is 16.1. The first-order chi connectivity index (χ1) is 14.1. The molecule has 1 aliphatic carbocycles. The molecule has 9 heteroatoms. The van der Waals surface area contributed by atoms with Crippen LogP contribution in [0.1, 0.15) is 36.0 Å². The van der Waals surface area contributed by atoms with Gasteiger partial charge >= 0.3 is 0 Å². The number of carbonyl (C=O) groups excluding carboxylic acids is 1. The van der Waals surface area contributed by atoms with Crippen LogP contribution in [0.5, 0.6) is 0 Å². The van der Waals surface area contributed by atoms with E-state index in [4.69, 9.17) is 11.5 Å². The largest absolute Gasteiger partial charge is 0.366 e. The summed E-state index contributed by atoms with van der Waals surface area (Å²) in [7, 11) is 0. The Balaban J connectivity index is 1.60. The highest BCUT2D eigenvalue weighted by Gasteiger charge is 2.22.